The third kappa shape index (κ3) is 6.51. The lowest BCUT2D eigenvalue weighted by Crippen LogP contribution is -2.51. The van der Waals surface area contributed by atoms with Gasteiger partial charge in [0.25, 0.3) is 0 Å². The number of aliphatic carboxylic acids is 1. The van der Waals surface area contributed by atoms with Crippen LogP contribution in [0.25, 0.3) is 0 Å². The number of nitrogens with zero attached hydrogens (tertiary/aromatic N) is 1. The van der Waals surface area contributed by atoms with Gasteiger partial charge in [0.1, 0.15) is 0 Å². The maximum atomic E-state index is 11.0. The van der Waals surface area contributed by atoms with Crippen LogP contribution >= 0.6 is 0 Å². The summed E-state index contributed by atoms with van der Waals surface area (Å²) in [5.74, 6) is -0.938. The Labute approximate surface area is 112 Å². The van der Waals surface area contributed by atoms with Gasteiger partial charge in [0.2, 0.25) is 5.91 Å². The van der Waals surface area contributed by atoms with Crippen LogP contribution in [0.2, 0.25) is 0 Å². The molecule has 0 aliphatic carbocycles. The molecule has 110 valence electrons. The van der Waals surface area contributed by atoms with E-state index in [1.807, 2.05) is 4.90 Å². The molecule has 1 amide bonds. The molecular weight excluding hydrogens is 250 g/mol. The van der Waals surface area contributed by atoms with Crippen LogP contribution in [0.4, 0.5) is 0 Å². The minimum Gasteiger partial charge on any atom is -0.481 e. The molecule has 0 aromatic rings. The first-order valence-corrected chi connectivity index (χ1v) is 6.58. The number of hydrogen-bond acceptors (Lipinski definition) is 5. The van der Waals surface area contributed by atoms with Crippen molar-refractivity contribution < 1.29 is 19.8 Å². The topological polar surface area (TPSA) is 116 Å². The van der Waals surface area contributed by atoms with Crippen molar-refractivity contribution >= 4 is 11.9 Å². The first-order chi connectivity index (χ1) is 9.01. The molecule has 0 radical (unpaired) electrons. The minimum absolute atomic E-state index is 0.0616. The number of carbonyl (C=O) groups is 2. The van der Waals surface area contributed by atoms with E-state index in [0.29, 0.717) is 26.1 Å². The number of likely N-dealkylation sites (tertiary alicyclic amines) is 1. The predicted octanol–water partition coefficient (Wildman–Crippen LogP) is -1.39. The molecular formula is C12H23N3O4. The molecule has 1 aliphatic heterocycles. The Morgan fingerprint density at radius 2 is 2.11 bits per heavy atom. The van der Waals surface area contributed by atoms with Gasteiger partial charge < -0.3 is 21.3 Å². The number of hydrogen-bond donors (Lipinski definition) is 4. The molecule has 1 heterocycles. The number of carboxylic acid groups (broad SMARTS) is 1. The van der Waals surface area contributed by atoms with E-state index in [2.05, 4.69) is 5.32 Å². The molecule has 0 aromatic carbocycles. The van der Waals surface area contributed by atoms with Crippen LogP contribution in [0.15, 0.2) is 0 Å². The third-order valence-corrected chi connectivity index (χ3v) is 3.30. The second kappa shape index (κ2) is 8.08. The van der Waals surface area contributed by atoms with Crippen LogP contribution in [0, 0.1) is 5.92 Å². The van der Waals surface area contributed by atoms with Crippen molar-refractivity contribution in [3.05, 3.63) is 0 Å². The van der Waals surface area contributed by atoms with Crippen LogP contribution in [-0.4, -0.2) is 65.8 Å². The maximum Gasteiger partial charge on any atom is 0.303 e. The van der Waals surface area contributed by atoms with Crippen molar-refractivity contribution in [1.29, 1.82) is 0 Å². The molecule has 0 saturated carbocycles. The molecule has 0 bridgehead atoms. The van der Waals surface area contributed by atoms with Crippen LogP contribution in [-0.2, 0) is 9.59 Å². The SMILES string of the molecule is NC(=O)CN1CC(CCC(=O)O)CC(NCCO)C1. The molecule has 19 heavy (non-hydrogen) atoms. The summed E-state index contributed by atoms with van der Waals surface area (Å²) in [4.78, 5) is 23.6. The quantitative estimate of drug-likeness (QED) is 0.433. The number of amides is 1. The summed E-state index contributed by atoms with van der Waals surface area (Å²) in [5, 5.41) is 20.7. The zero-order chi connectivity index (χ0) is 14.3. The number of aliphatic hydroxyl groups excluding tert-OH is 1. The van der Waals surface area contributed by atoms with Gasteiger partial charge >= 0.3 is 5.97 Å². The van der Waals surface area contributed by atoms with Crippen molar-refractivity contribution in [2.75, 3.05) is 32.8 Å². The largest absolute Gasteiger partial charge is 0.481 e. The molecule has 7 nitrogen and oxygen atoms in total. The maximum absolute atomic E-state index is 11.0. The Hall–Kier alpha value is -1.18. The summed E-state index contributed by atoms with van der Waals surface area (Å²) in [6.07, 6.45) is 1.60. The van der Waals surface area contributed by atoms with Crippen LogP contribution in [0.3, 0.4) is 0 Å². The van der Waals surface area contributed by atoms with Crippen molar-refractivity contribution in [3.8, 4) is 0 Å². The highest BCUT2D eigenvalue weighted by atomic mass is 16.4. The number of primary amides is 1. The van der Waals surface area contributed by atoms with Gasteiger partial charge in [0.05, 0.1) is 13.2 Å². The summed E-state index contributed by atoms with van der Waals surface area (Å²) >= 11 is 0. The lowest BCUT2D eigenvalue weighted by molar-refractivity contribution is -0.137. The fraction of sp³-hybridized carbons (Fsp3) is 0.833. The number of carboxylic acids is 1. The zero-order valence-corrected chi connectivity index (χ0v) is 11.0. The Morgan fingerprint density at radius 1 is 1.37 bits per heavy atom. The Kier molecular flexibility index (Phi) is 6.75. The van der Waals surface area contributed by atoms with Gasteiger partial charge in [0.15, 0.2) is 0 Å². The molecule has 0 spiro atoms. The molecule has 1 fully saturated rings. The monoisotopic (exact) mass is 273 g/mol. The summed E-state index contributed by atoms with van der Waals surface area (Å²) in [6.45, 7) is 2.16. The molecule has 0 aromatic heterocycles. The Balaban J connectivity index is 2.50. The normalized spacial score (nSPS) is 24.3. The van der Waals surface area contributed by atoms with Crippen molar-refractivity contribution in [2.24, 2.45) is 11.7 Å². The average Bonchev–Trinajstić information content (AvgIpc) is 2.33. The average molecular weight is 273 g/mol. The Morgan fingerprint density at radius 3 is 2.68 bits per heavy atom. The van der Waals surface area contributed by atoms with Gasteiger partial charge in [-0.15, -0.1) is 0 Å². The number of nitrogens with one attached hydrogen (secondary N) is 1. The number of nitrogens with two attached hydrogens (primary N) is 1. The lowest BCUT2D eigenvalue weighted by atomic mass is 9.90. The van der Waals surface area contributed by atoms with Crippen molar-refractivity contribution in [3.63, 3.8) is 0 Å². The molecule has 2 unspecified atom stereocenters. The molecule has 1 saturated heterocycles. The summed E-state index contributed by atoms with van der Waals surface area (Å²) in [6, 6.07) is 0.166. The molecule has 2 atom stereocenters. The smallest absolute Gasteiger partial charge is 0.303 e. The Bertz CT molecular complexity index is 311. The fourth-order valence-corrected chi connectivity index (χ4v) is 2.61. The van der Waals surface area contributed by atoms with E-state index < -0.39 is 5.97 Å². The van der Waals surface area contributed by atoms with E-state index in [1.165, 1.54) is 0 Å². The number of rotatable bonds is 8. The van der Waals surface area contributed by atoms with E-state index in [1.54, 1.807) is 0 Å². The highest BCUT2D eigenvalue weighted by Gasteiger charge is 2.27. The van der Waals surface area contributed by atoms with E-state index in [0.717, 1.165) is 6.42 Å². The highest BCUT2D eigenvalue weighted by molar-refractivity contribution is 5.75. The van der Waals surface area contributed by atoms with E-state index >= 15 is 0 Å². The van der Waals surface area contributed by atoms with Gasteiger partial charge in [-0.3, -0.25) is 14.5 Å². The van der Waals surface area contributed by atoms with Gasteiger partial charge in [-0.2, -0.15) is 0 Å². The van der Waals surface area contributed by atoms with E-state index in [4.69, 9.17) is 15.9 Å². The van der Waals surface area contributed by atoms with Crippen molar-refractivity contribution in [2.45, 2.75) is 25.3 Å². The highest BCUT2D eigenvalue weighted by Crippen LogP contribution is 2.21. The van der Waals surface area contributed by atoms with Crippen LogP contribution in [0.1, 0.15) is 19.3 Å². The first-order valence-electron chi connectivity index (χ1n) is 6.58. The predicted molar refractivity (Wildman–Crippen MR) is 69.5 cm³/mol. The molecule has 7 heteroatoms. The second-order valence-electron chi connectivity index (χ2n) is 5.07. The summed E-state index contributed by atoms with van der Waals surface area (Å²) < 4.78 is 0. The summed E-state index contributed by atoms with van der Waals surface area (Å²) in [5.41, 5.74) is 5.20. The number of piperidine rings is 1. The van der Waals surface area contributed by atoms with Gasteiger partial charge in [-0.05, 0) is 18.8 Å². The van der Waals surface area contributed by atoms with Gasteiger partial charge in [-0.1, -0.05) is 0 Å². The number of aliphatic hydroxyl groups is 1. The minimum atomic E-state index is -0.799. The number of carbonyl (C=O) groups excluding carboxylic acids is 1. The van der Waals surface area contributed by atoms with Crippen molar-refractivity contribution in [1.82, 2.24) is 10.2 Å². The molecule has 5 N–H and O–H groups in total. The summed E-state index contributed by atoms with van der Waals surface area (Å²) in [7, 11) is 0. The van der Waals surface area contributed by atoms with E-state index in [-0.39, 0.29) is 37.4 Å². The van der Waals surface area contributed by atoms with Crippen LogP contribution in [0.5, 0.6) is 0 Å². The van der Waals surface area contributed by atoms with Gasteiger partial charge in [-0.25, -0.2) is 0 Å². The van der Waals surface area contributed by atoms with Crippen LogP contribution < -0.4 is 11.1 Å². The first kappa shape index (κ1) is 15.9. The van der Waals surface area contributed by atoms with E-state index in [9.17, 15) is 9.59 Å². The van der Waals surface area contributed by atoms with Gasteiger partial charge in [0, 0.05) is 32.1 Å². The second-order valence-corrected chi connectivity index (χ2v) is 5.07. The molecule has 1 aliphatic rings. The zero-order valence-electron chi connectivity index (χ0n) is 11.0. The lowest BCUT2D eigenvalue weighted by Gasteiger charge is -2.37. The fourth-order valence-electron chi connectivity index (χ4n) is 2.61. The standard InChI is InChI=1S/C12H23N3O4/c13-11(17)8-15-6-9(1-2-12(18)19)5-10(7-15)14-3-4-16/h9-10,14,16H,1-8H2,(H2,13,17)(H,18,19). The molecule has 1 rings (SSSR count). The third-order valence-electron chi connectivity index (χ3n) is 3.30.